The highest BCUT2D eigenvalue weighted by Crippen LogP contribution is 2.35. The molecule has 1 aliphatic carbocycles. The first-order valence-corrected chi connectivity index (χ1v) is 6.54. The molecule has 0 saturated heterocycles. The molecule has 0 bridgehead atoms. The van der Waals surface area contributed by atoms with Crippen LogP contribution in [0.3, 0.4) is 0 Å². The number of rotatable bonds is 7. The molecule has 0 amide bonds. The van der Waals surface area contributed by atoms with Gasteiger partial charge in [-0.15, -0.1) is 0 Å². The maximum atomic E-state index is 11.3. The smallest absolute Gasteiger partial charge is 0.306 e. The molecule has 1 aromatic carbocycles. The van der Waals surface area contributed by atoms with Crippen LogP contribution < -0.4 is 4.74 Å². The molecule has 18 heavy (non-hydrogen) atoms. The van der Waals surface area contributed by atoms with Crippen molar-refractivity contribution in [1.29, 1.82) is 0 Å². The first-order valence-electron chi connectivity index (χ1n) is 6.54. The molecule has 0 radical (unpaired) electrons. The summed E-state index contributed by atoms with van der Waals surface area (Å²) < 4.78 is 5.16. The van der Waals surface area contributed by atoms with E-state index >= 15 is 0 Å². The molecule has 1 aliphatic rings. The van der Waals surface area contributed by atoms with Crippen molar-refractivity contribution < 1.29 is 14.6 Å². The van der Waals surface area contributed by atoms with E-state index in [1.165, 1.54) is 12.8 Å². The van der Waals surface area contributed by atoms with Crippen molar-refractivity contribution >= 4 is 5.97 Å². The second-order valence-corrected chi connectivity index (χ2v) is 5.11. The van der Waals surface area contributed by atoms with E-state index in [9.17, 15) is 9.90 Å². The van der Waals surface area contributed by atoms with Gasteiger partial charge in [0.05, 0.1) is 13.0 Å². The Bertz CT molecular complexity index is 410. The number of benzene rings is 1. The highest BCUT2D eigenvalue weighted by Gasteiger charge is 2.25. The minimum Gasteiger partial charge on any atom is -0.497 e. The van der Waals surface area contributed by atoms with Crippen LogP contribution in [0.25, 0.3) is 0 Å². The van der Waals surface area contributed by atoms with Crippen LogP contribution in [0.15, 0.2) is 24.3 Å². The highest BCUT2D eigenvalue weighted by molar-refractivity contribution is 5.70. The van der Waals surface area contributed by atoms with E-state index in [2.05, 4.69) is 0 Å². The molecule has 2 rings (SSSR count). The van der Waals surface area contributed by atoms with Crippen molar-refractivity contribution in [1.82, 2.24) is 0 Å². The van der Waals surface area contributed by atoms with Gasteiger partial charge < -0.3 is 9.84 Å². The number of ether oxygens (including phenoxy) is 1. The van der Waals surface area contributed by atoms with Gasteiger partial charge >= 0.3 is 5.97 Å². The monoisotopic (exact) mass is 248 g/mol. The Balaban J connectivity index is 1.95. The molecule has 1 N–H and O–H groups in total. The van der Waals surface area contributed by atoms with Gasteiger partial charge in [0.25, 0.3) is 0 Å². The molecule has 3 heteroatoms. The van der Waals surface area contributed by atoms with E-state index in [4.69, 9.17) is 4.74 Å². The van der Waals surface area contributed by atoms with Gasteiger partial charge in [-0.1, -0.05) is 25.0 Å². The number of carbonyl (C=O) groups is 1. The summed E-state index contributed by atoms with van der Waals surface area (Å²) in [7, 11) is 1.63. The van der Waals surface area contributed by atoms with Crippen molar-refractivity contribution in [3.8, 4) is 5.75 Å². The topological polar surface area (TPSA) is 46.5 Å². The van der Waals surface area contributed by atoms with Gasteiger partial charge in [0.1, 0.15) is 5.75 Å². The number of carboxylic acid groups (broad SMARTS) is 1. The van der Waals surface area contributed by atoms with Crippen LogP contribution >= 0.6 is 0 Å². The summed E-state index contributed by atoms with van der Waals surface area (Å²) >= 11 is 0. The zero-order valence-electron chi connectivity index (χ0n) is 10.8. The number of hydrogen-bond donors (Lipinski definition) is 1. The zero-order valence-corrected chi connectivity index (χ0v) is 10.8. The maximum absolute atomic E-state index is 11.3. The molecule has 98 valence electrons. The first-order chi connectivity index (χ1) is 8.69. The second kappa shape index (κ2) is 5.89. The third kappa shape index (κ3) is 3.76. The van der Waals surface area contributed by atoms with E-state index in [1.807, 2.05) is 24.3 Å². The lowest BCUT2D eigenvalue weighted by Gasteiger charge is -2.12. The summed E-state index contributed by atoms with van der Waals surface area (Å²) in [5.74, 6) is 0.632. The quantitative estimate of drug-likeness (QED) is 0.806. The molecular weight excluding hydrogens is 228 g/mol. The molecule has 1 atom stereocenters. The molecular formula is C15H20O3. The Morgan fingerprint density at radius 1 is 1.50 bits per heavy atom. The Labute approximate surface area is 108 Å². The Morgan fingerprint density at radius 3 is 2.89 bits per heavy atom. The molecule has 0 aliphatic heterocycles. The number of methoxy groups -OCH3 is 1. The van der Waals surface area contributed by atoms with Gasteiger partial charge in [-0.3, -0.25) is 4.79 Å². The average molecular weight is 248 g/mol. The van der Waals surface area contributed by atoms with Gasteiger partial charge in [-0.2, -0.15) is 0 Å². The Hall–Kier alpha value is -1.51. The standard InChI is InChI=1S/C15H20O3/c1-18-14-4-2-3-12(10-14)9-13(15(16)17)8-7-11-5-6-11/h2-4,10-11,13H,5-9H2,1H3,(H,16,17). The van der Waals surface area contributed by atoms with Crippen LogP contribution in [-0.2, 0) is 11.2 Å². The van der Waals surface area contributed by atoms with Crippen molar-refractivity contribution in [3.63, 3.8) is 0 Å². The molecule has 0 aromatic heterocycles. The molecule has 0 spiro atoms. The van der Waals surface area contributed by atoms with Gasteiger partial charge in [0, 0.05) is 0 Å². The van der Waals surface area contributed by atoms with Crippen LogP contribution in [0.4, 0.5) is 0 Å². The molecule has 1 aromatic rings. The highest BCUT2D eigenvalue weighted by atomic mass is 16.5. The Kier molecular flexibility index (Phi) is 4.24. The summed E-state index contributed by atoms with van der Waals surface area (Å²) in [6.07, 6.45) is 5.01. The van der Waals surface area contributed by atoms with E-state index < -0.39 is 5.97 Å². The number of aliphatic carboxylic acids is 1. The van der Waals surface area contributed by atoms with Gasteiger partial charge in [-0.25, -0.2) is 0 Å². The third-order valence-electron chi connectivity index (χ3n) is 3.59. The van der Waals surface area contributed by atoms with Crippen molar-refractivity contribution in [2.75, 3.05) is 7.11 Å². The van der Waals surface area contributed by atoms with Gasteiger partial charge in [0.15, 0.2) is 0 Å². The fraction of sp³-hybridized carbons (Fsp3) is 0.533. The number of hydrogen-bond acceptors (Lipinski definition) is 2. The van der Waals surface area contributed by atoms with Crippen LogP contribution in [0, 0.1) is 11.8 Å². The second-order valence-electron chi connectivity index (χ2n) is 5.11. The fourth-order valence-electron chi connectivity index (χ4n) is 2.24. The zero-order chi connectivity index (χ0) is 13.0. The first kappa shape index (κ1) is 12.9. The molecule has 1 unspecified atom stereocenters. The van der Waals surface area contributed by atoms with E-state index in [1.54, 1.807) is 7.11 Å². The van der Waals surface area contributed by atoms with Crippen molar-refractivity contribution in [2.45, 2.75) is 32.1 Å². The molecule has 1 fully saturated rings. The van der Waals surface area contributed by atoms with Crippen LogP contribution in [-0.4, -0.2) is 18.2 Å². The maximum Gasteiger partial charge on any atom is 0.306 e. The Morgan fingerprint density at radius 2 is 2.28 bits per heavy atom. The van der Waals surface area contributed by atoms with Crippen molar-refractivity contribution in [3.05, 3.63) is 29.8 Å². The predicted molar refractivity (Wildman–Crippen MR) is 69.8 cm³/mol. The van der Waals surface area contributed by atoms with Crippen LogP contribution in [0.1, 0.15) is 31.2 Å². The van der Waals surface area contributed by atoms with E-state index in [0.717, 1.165) is 30.1 Å². The summed E-state index contributed by atoms with van der Waals surface area (Å²) in [5, 5.41) is 9.26. The lowest BCUT2D eigenvalue weighted by atomic mass is 9.94. The molecule has 3 nitrogen and oxygen atoms in total. The lowest BCUT2D eigenvalue weighted by Crippen LogP contribution is -2.16. The van der Waals surface area contributed by atoms with E-state index in [0.29, 0.717) is 6.42 Å². The fourth-order valence-corrected chi connectivity index (χ4v) is 2.24. The lowest BCUT2D eigenvalue weighted by molar-refractivity contribution is -0.142. The van der Waals surface area contributed by atoms with Crippen LogP contribution in [0.5, 0.6) is 5.75 Å². The van der Waals surface area contributed by atoms with Gasteiger partial charge in [-0.05, 0) is 42.9 Å². The minimum atomic E-state index is -0.682. The summed E-state index contributed by atoms with van der Waals surface area (Å²) in [6.45, 7) is 0. The minimum absolute atomic E-state index is 0.266. The third-order valence-corrected chi connectivity index (χ3v) is 3.59. The summed E-state index contributed by atoms with van der Waals surface area (Å²) in [4.78, 5) is 11.3. The summed E-state index contributed by atoms with van der Waals surface area (Å²) in [6, 6.07) is 7.68. The summed E-state index contributed by atoms with van der Waals surface area (Å²) in [5.41, 5.74) is 1.04. The predicted octanol–water partition coefficient (Wildman–Crippen LogP) is 3.13. The number of carboxylic acids is 1. The molecule has 1 saturated carbocycles. The van der Waals surface area contributed by atoms with Crippen LogP contribution in [0.2, 0.25) is 0 Å². The average Bonchev–Trinajstić information content (AvgIpc) is 3.18. The largest absolute Gasteiger partial charge is 0.497 e. The molecule has 0 heterocycles. The van der Waals surface area contributed by atoms with E-state index in [-0.39, 0.29) is 5.92 Å². The van der Waals surface area contributed by atoms with Gasteiger partial charge in [0.2, 0.25) is 0 Å². The normalized spacial score (nSPS) is 16.3. The van der Waals surface area contributed by atoms with Crippen molar-refractivity contribution in [2.24, 2.45) is 11.8 Å². The SMILES string of the molecule is COc1cccc(CC(CCC2CC2)C(=O)O)c1.